The van der Waals surface area contributed by atoms with Crippen LogP contribution in [0, 0.1) is 0 Å². The van der Waals surface area contributed by atoms with Crippen LogP contribution >= 0.6 is 0 Å². The highest BCUT2D eigenvalue weighted by Gasteiger charge is 2.50. The molecule has 0 N–H and O–H groups in total. The molecule has 0 fully saturated rings. The highest BCUT2D eigenvalue weighted by atomic mass is 16.7. The molecule has 2 aromatic rings. The standard InChI is InChI=1S/C22H16O6/c1-12(23)26-17-9-10-19-20-14(17)4-2-6-18(20)27-22(28-19)11-3-5-13-15(24)7-8-16(25)21(13)22/h2,4,6-10H,3,5,11H2,1H3. The predicted octanol–water partition coefficient (Wildman–Crippen LogP) is 3.42. The molecular weight excluding hydrogens is 360 g/mol. The van der Waals surface area contributed by atoms with Crippen LogP contribution in [-0.2, 0) is 14.4 Å². The van der Waals surface area contributed by atoms with Crippen LogP contribution in [0.25, 0.3) is 10.8 Å². The number of rotatable bonds is 1. The van der Waals surface area contributed by atoms with Crippen LogP contribution in [0.1, 0.15) is 26.2 Å². The summed E-state index contributed by atoms with van der Waals surface area (Å²) in [5.41, 5.74) is 0.754. The van der Waals surface area contributed by atoms with Crippen LogP contribution in [0.5, 0.6) is 17.2 Å². The predicted molar refractivity (Wildman–Crippen MR) is 99.3 cm³/mol. The van der Waals surface area contributed by atoms with Crippen molar-refractivity contribution in [2.24, 2.45) is 0 Å². The third kappa shape index (κ3) is 2.30. The van der Waals surface area contributed by atoms with Gasteiger partial charge in [0.1, 0.15) is 17.2 Å². The van der Waals surface area contributed by atoms with E-state index in [2.05, 4.69) is 0 Å². The van der Waals surface area contributed by atoms with Gasteiger partial charge in [-0.1, -0.05) is 12.1 Å². The fourth-order valence-corrected chi connectivity index (χ4v) is 4.21. The van der Waals surface area contributed by atoms with Crippen molar-refractivity contribution in [3.8, 4) is 17.2 Å². The lowest BCUT2D eigenvalue weighted by molar-refractivity contribution is -0.132. The molecule has 0 saturated heterocycles. The van der Waals surface area contributed by atoms with Gasteiger partial charge in [0.05, 0.1) is 11.0 Å². The molecule has 1 atom stereocenters. The molecule has 6 nitrogen and oxygen atoms in total. The molecule has 0 radical (unpaired) electrons. The second-order valence-corrected chi connectivity index (χ2v) is 7.06. The Morgan fingerprint density at radius 3 is 2.57 bits per heavy atom. The van der Waals surface area contributed by atoms with Gasteiger partial charge in [0.2, 0.25) is 0 Å². The van der Waals surface area contributed by atoms with Crippen molar-refractivity contribution >= 4 is 28.3 Å². The van der Waals surface area contributed by atoms with Crippen molar-refractivity contribution in [1.82, 2.24) is 0 Å². The molecule has 3 aliphatic rings. The number of hydrogen-bond acceptors (Lipinski definition) is 6. The Morgan fingerprint density at radius 2 is 1.79 bits per heavy atom. The number of carbonyl (C=O) groups excluding carboxylic acids is 3. The van der Waals surface area contributed by atoms with Crippen molar-refractivity contribution in [1.29, 1.82) is 0 Å². The zero-order valence-corrected chi connectivity index (χ0v) is 15.1. The third-order valence-electron chi connectivity index (χ3n) is 5.27. The van der Waals surface area contributed by atoms with Crippen LogP contribution in [0.4, 0.5) is 0 Å². The first-order valence-corrected chi connectivity index (χ1v) is 9.11. The lowest BCUT2D eigenvalue weighted by Gasteiger charge is -2.43. The number of ketones is 2. The van der Waals surface area contributed by atoms with Crippen LogP contribution < -0.4 is 14.2 Å². The maximum Gasteiger partial charge on any atom is 0.308 e. The topological polar surface area (TPSA) is 78.9 Å². The number of carbonyl (C=O) groups is 3. The molecule has 140 valence electrons. The van der Waals surface area contributed by atoms with Gasteiger partial charge in [0.15, 0.2) is 11.6 Å². The maximum absolute atomic E-state index is 12.7. The normalized spacial score (nSPS) is 22.8. The molecule has 0 bridgehead atoms. The summed E-state index contributed by atoms with van der Waals surface area (Å²) in [5, 5.41) is 1.35. The lowest BCUT2D eigenvalue weighted by atomic mass is 9.79. The maximum atomic E-state index is 12.7. The van der Waals surface area contributed by atoms with Crippen molar-refractivity contribution < 1.29 is 28.6 Å². The molecule has 1 heterocycles. The van der Waals surface area contributed by atoms with Gasteiger partial charge in [-0.2, -0.15) is 0 Å². The Morgan fingerprint density at radius 1 is 1.04 bits per heavy atom. The Labute approximate surface area is 160 Å². The second-order valence-electron chi connectivity index (χ2n) is 7.06. The summed E-state index contributed by atoms with van der Waals surface area (Å²) in [6, 6.07) is 8.75. The van der Waals surface area contributed by atoms with E-state index in [9.17, 15) is 14.4 Å². The average molecular weight is 376 g/mol. The third-order valence-corrected chi connectivity index (χ3v) is 5.27. The number of hydrogen-bond donors (Lipinski definition) is 0. The van der Waals surface area contributed by atoms with Gasteiger partial charge in [0, 0.05) is 24.3 Å². The first-order chi connectivity index (χ1) is 13.5. The van der Waals surface area contributed by atoms with E-state index < -0.39 is 11.8 Å². The summed E-state index contributed by atoms with van der Waals surface area (Å²) in [6.45, 7) is 1.34. The smallest absolute Gasteiger partial charge is 0.308 e. The minimum absolute atomic E-state index is 0.171. The number of ether oxygens (including phenoxy) is 3. The number of esters is 1. The summed E-state index contributed by atoms with van der Waals surface area (Å²) in [4.78, 5) is 36.4. The highest BCUT2D eigenvalue weighted by Crippen LogP contribution is 2.50. The molecule has 28 heavy (non-hydrogen) atoms. The summed E-state index contributed by atoms with van der Waals surface area (Å²) in [7, 11) is 0. The summed E-state index contributed by atoms with van der Waals surface area (Å²) >= 11 is 0. The Bertz CT molecular complexity index is 1120. The van der Waals surface area contributed by atoms with Gasteiger partial charge < -0.3 is 14.2 Å². The minimum Gasteiger partial charge on any atom is -0.447 e. The first-order valence-electron chi connectivity index (χ1n) is 9.11. The van der Waals surface area contributed by atoms with E-state index in [1.165, 1.54) is 19.1 Å². The van der Waals surface area contributed by atoms with Crippen molar-refractivity contribution in [3.63, 3.8) is 0 Å². The Balaban J connectivity index is 1.69. The second kappa shape index (κ2) is 5.79. The van der Waals surface area contributed by atoms with Crippen molar-refractivity contribution in [2.45, 2.75) is 32.0 Å². The number of allylic oxidation sites excluding steroid dienone is 3. The van der Waals surface area contributed by atoms with E-state index in [4.69, 9.17) is 14.2 Å². The van der Waals surface area contributed by atoms with E-state index in [-0.39, 0.29) is 17.1 Å². The zero-order valence-electron chi connectivity index (χ0n) is 15.1. The number of benzene rings is 2. The lowest BCUT2D eigenvalue weighted by Crippen LogP contribution is -2.51. The molecule has 1 aliphatic heterocycles. The van der Waals surface area contributed by atoms with Crippen LogP contribution in [0.2, 0.25) is 0 Å². The van der Waals surface area contributed by atoms with E-state index in [0.717, 1.165) is 0 Å². The largest absolute Gasteiger partial charge is 0.447 e. The SMILES string of the molecule is CC(=O)Oc1ccc2c3c(cccc13)OC1(CCCC3=C1C(=O)C=CC3=O)O2. The molecule has 0 saturated carbocycles. The monoisotopic (exact) mass is 376 g/mol. The average Bonchev–Trinajstić information content (AvgIpc) is 2.66. The van der Waals surface area contributed by atoms with E-state index >= 15 is 0 Å². The molecule has 1 unspecified atom stereocenters. The molecule has 0 aromatic heterocycles. The van der Waals surface area contributed by atoms with Crippen LogP contribution in [-0.4, -0.2) is 23.3 Å². The van der Waals surface area contributed by atoms with Crippen LogP contribution in [0.3, 0.4) is 0 Å². The van der Waals surface area contributed by atoms with Gasteiger partial charge >= 0.3 is 5.97 Å². The summed E-state index contributed by atoms with van der Waals surface area (Å²) in [6.07, 6.45) is 4.24. The van der Waals surface area contributed by atoms with Gasteiger partial charge in [-0.05, 0) is 43.2 Å². The van der Waals surface area contributed by atoms with Gasteiger partial charge in [-0.25, -0.2) is 0 Å². The van der Waals surface area contributed by atoms with E-state index in [1.807, 2.05) is 6.07 Å². The highest BCUT2D eigenvalue weighted by molar-refractivity contribution is 6.21. The van der Waals surface area contributed by atoms with Crippen molar-refractivity contribution in [3.05, 3.63) is 53.6 Å². The van der Waals surface area contributed by atoms with Gasteiger partial charge in [-0.3, -0.25) is 14.4 Å². The fraction of sp³-hybridized carbons (Fsp3) is 0.227. The molecular formula is C22H16O6. The van der Waals surface area contributed by atoms with Gasteiger partial charge in [0.25, 0.3) is 5.79 Å². The molecule has 6 heteroatoms. The molecule has 0 amide bonds. The van der Waals surface area contributed by atoms with Crippen molar-refractivity contribution in [2.75, 3.05) is 0 Å². The first kappa shape index (κ1) is 16.7. The molecule has 2 aromatic carbocycles. The molecule has 1 spiro atoms. The fourth-order valence-electron chi connectivity index (χ4n) is 4.21. The summed E-state index contributed by atoms with van der Waals surface area (Å²) in [5.74, 6) is -0.721. The zero-order chi connectivity index (χ0) is 19.5. The van der Waals surface area contributed by atoms with Gasteiger partial charge in [-0.15, -0.1) is 0 Å². The Kier molecular flexibility index (Phi) is 3.46. The minimum atomic E-state index is -1.32. The number of fused-ring (bicyclic) bond motifs is 1. The quantitative estimate of drug-likeness (QED) is 0.431. The van der Waals surface area contributed by atoms with Crippen LogP contribution in [0.15, 0.2) is 53.6 Å². The Hall–Kier alpha value is -3.41. The van der Waals surface area contributed by atoms with E-state index in [1.54, 1.807) is 24.3 Å². The molecule has 2 aliphatic carbocycles. The van der Waals surface area contributed by atoms with E-state index in [0.29, 0.717) is 52.9 Å². The molecule has 5 rings (SSSR count). The summed E-state index contributed by atoms with van der Waals surface area (Å²) < 4.78 is 17.8.